The van der Waals surface area contributed by atoms with E-state index in [9.17, 15) is 5.11 Å². The molecule has 0 aliphatic heterocycles. The number of rotatable bonds is 0. The predicted octanol–water partition coefficient (Wildman–Crippen LogP) is 5.73. The number of allylic oxidation sites excluding steroid dienone is 2. The van der Waals surface area contributed by atoms with Gasteiger partial charge in [-0.1, -0.05) is 38.8 Å². The van der Waals surface area contributed by atoms with E-state index in [1.165, 1.54) is 51.4 Å². The molecule has 0 amide bonds. The van der Waals surface area contributed by atoms with Crippen molar-refractivity contribution in [3.05, 3.63) is 11.6 Å². The molecule has 0 aromatic heterocycles. The Morgan fingerprint density at radius 2 is 1.78 bits per heavy atom. The molecule has 2 unspecified atom stereocenters. The Kier molecular flexibility index (Phi) is 3.59. The van der Waals surface area contributed by atoms with Crippen LogP contribution >= 0.6 is 0 Å². The Morgan fingerprint density at radius 3 is 2.52 bits per heavy atom. The molecule has 0 saturated heterocycles. The van der Waals surface area contributed by atoms with Crippen molar-refractivity contribution in [2.24, 2.45) is 34.5 Å². The summed E-state index contributed by atoms with van der Waals surface area (Å²) in [5, 5.41) is 12.0. The highest BCUT2D eigenvalue weighted by molar-refractivity contribution is 5.26. The molecule has 0 bridgehead atoms. The van der Waals surface area contributed by atoms with Gasteiger partial charge in [0.25, 0.3) is 0 Å². The van der Waals surface area contributed by atoms with E-state index in [1.54, 1.807) is 5.57 Å². The average molecular weight is 317 g/mol. The lowest BCUT2D eigenvalue weighted by Crippen LogP contribution is -2.65. The zero-order valence-electron chi connectivity index (χ0n) is 15.7. The van der Waals surface area contributed by atoms with E-state index in [0.717, 1.165) is 24.2 Å². The van der Waals surface area contributed by atoms with Gasteiger partial charge in [0.15, 0.2) is 0 Å². The van der Waals surface area contributed by atoms with E-state index in [4.69, 9.17) is 0 Å². The minimum atomic E-state index is -0.385. The van der Waals surface area contributed by atoms with Crippen molar-refractivity contribution < 1.29 is 5.11 Å². The third kappa shape index (κ3) is 1.95. The maximum atomic E-state index is 12.0. The molecule has 0 spiro atoms. The summed E-state index contributed by atoms with van der Waals surface area (Å²) in [5.74, 6) is 2.90. The minimum Gasteiger partial charge on any atom is -0.389 e. The lowest BCUT2D eigenvalue weighted by Gasteiger charge is -2.65. The van der Waals surface area contributed by atoms with Gasteiger partial charge < -0.3 is 5.11 Å². The van der Waals surface area contributed by atoms with Crippen LogP contribution < -0.4 is 0 Å². The molecule has 23 heavy (non-hydrogen) atoms. The minimum absolute atomic E-state index is 0.183. The molecule has 130 valence electrons. The van der Waals surface area contributed by atoms with Crippen molar-refractivity contribution in [1.29, 1.82) is 0 Å². The molecule has 0 radical (unpaired) electrons. The van der Waals surface area contributed by atoms with Crippen molar-refractivity contribution in [2.75, 3.05) is 0 Å². The number of aliphatic hydroxyl groups is 1. The standard InChI is InChI=1S/C22H36O/c1-5-16-6-8-18-19-9-7-17-14-15(2)10-11-21(17,4)22(19,23)13-12-20(16,18)3/h5,15,17-19,23H,6-14H2,1-4H3/b16-5-/t15-,17-,18?,19?,20-,21+,22-/m1/s1. The maximum absolute atomic E-state index is 12.0. The van der Waals surface area contributed by atoms with Crippen molar-refractivity contribution in [1.82, 2.24) is 0 Å². The van der Waals surface area contributed by atoms with E-state index in [-0.39, 0.29) is 11.0 Å². The van der Waals surface area contributed by atoms with Crippen LogP contribution in [0.1, 0.15) is 85.5 Å². The van der Waals surface area contributed by atoms with Crippen LogP contribution in [0.15, 0.2) is 11.6 Å². The third-order valence-corrected chi connectivity index (χ3v) is 9.31. The van der Waals surface area contributed by atoms with Gasteiger partial charge in [0.05, 0.1) is 5.60 Å². The van der Waals surface area contributed by atoms with Crippen molar-refractivity contribution in [3.8, 4) is 0 Å². The Balaban J connectivity index is 1.70. The van der Waals surface area contributed by atoms with Crippen molar-refractivity contribution >= 4 is 0 Å². The smallest absolute Gasteiger partial charge is 0.0735 e. The molecule has 4 aliphatic rings. The molecule has 0 heterocycles. The van der Waals surface area contributed by atoms with Crippen LogP contribution in [0, 0.1) is 34.5 Å². The predicted molar refractivity (Wildman–Crippen MR) is 96.1 cm³/mol. The second kappa shape index (κ2) is 5.10. The molecular formula is C22H36O. The molecule has 4 rings (SSSR count). The van der Waals surface area contributed by atoms with Crippen LogP contribution in [0.4, 0.5) is 0 Å². The summed E-state index contributed by atoms with van der Waals surface area (Å²) in [6.07, 6.45) is 13.8. The van der Waals surface area contributed by atoms with Gasteiger partial charge in [-0.25, -0.2) is 0 Å². The van der Waals surface area contributed by atoms with E-state index in [0.29, 0.717) is 11.3 Å². The first kappa shape index (κ1) is 16.2. The summed E-state index contributed by atoms with van der Waals surface area (Å²) in [6, 6.07) is 0. The lowest BCUT2D eigenvalue weighted by atomic mass is 9.42. The number of hydrogen-bond donors (Lipinski definition) is 1. The fraction of sp³-hybridized carbons (Fsp3) is 0.909. The first-order chi connectivity index (χ1) is 10.8. The van der Waals surface area contributed by atoms with Crippen LogP contribution in [0.5, 0.6) is 0 Å². The Morgan fingerprint density at radius 1 is 1.00 bits per heavy atom. The first-order valence-electron chi connectivity index (χ1n) is 10.2. The highest BCUT2D eigenvalue weighted by Gasteiger charge is 2.65. The highest BCUT2D eigenvalue weighted by Crippen LogP contribution is 2.69. The molecule has 0 aromatic carbocycles. The summed E-state index contributed by atoms with van der Waals surface area (Å²) < 4.78 is 0. The van der Waals surface area contributed by atoms with Crippen molar-refractivity contribution in [3.63, 3.8) is 0 Å². The molecule has 4 aliphatic carbocycles. The van der Waals surface area contributed by atoms with E-state index >= 15 is 0 Å². The van der Waals surface area contributed by atoms with Gasteiger partial charge in [-0.2, -0.15) is 0 Å². The molecule has 1 heteroatoms. The Bertz CT molecular complexity index is 522. The van der Waals surface area contributed by atoms with E-state index in [1.807, 2.05) is 0 Å². The van der Waals surface area contributed by atoms with E-state index in [2.05, 4.69) is 33.8 Å². The maximum Gasteiger partial charge on any atom is 0.0735 e. The number of fused-ring (bicyclic) bond motifs is 5. The average Bonchev–Trinajstić information content (AvgIpc) is 2.86. The second-order valence-electron chi connectivity index (χ2n) is 9.98. The van der Waals surface area contributed by atoms with Crippen LogP contribution in [-0.4, -0.2) is 10.7 Å². The van der Waals surface area contributed by atoms with Gasteiger partial charge in [-0.15, -0.1) is 0 Å². The molecular weight excluding hydrogens is 280 g/mol. The SMILES string of the molecule is C/C=C1/CCC2C3CC[C@@H]4C[C@H](C)CC[C@]4(C)[C@@]3(O)CC[C@]12C. The summed E-state index contributed by atoms with van der Waals surface area (Å²) in [5.41, 5.74) is 1.87. The quantitative estimate of drug-likeness (QED) is 0.566. The molecule has 4 saturated carbocycles. The van der Waals surface area contributed by atoms with Gasteiger partial charge in [0.2, 0.25) is 0 Å². The first-order valence-corrected chi connectivity index (χ1v) is 10.2. The normalized spacial score (nSPS) is 57.7. The monoisotopic (exact) mass is 316 g/mol. The summed E-state index contributed by atoms with van der Waals surface area (Å²) in [6.45, 7) is 9.62. The lowest BCUT2D eigenvalue weighted by molar-refractivity contribution is -0.232. The second-order valence-corrected chi connectivity index (χ2v) is 9.98. The highest BCUT2D eigenvalue weighted by atomic mass is 16.3. The topological polar surface area (TPSA) is 20.2 Å². The zero-order valence-corrected chi connectivity index (χ0v) is 15.7. The number of hydrogen-bond acceptors (Lipinski definition) is 1. The van der Waals surface area contributed by atoms with Crippen LogP contribution in [0.25, 0.3) is 0 Å². The van der Waals surface area contributed by atoms with Gasteiger partial charge in [0, 0.05) is 0 Å². The molecule has 7 atom stereocenters. The van der Waals surface area contributed by atoms with Crippen LogP contribution in [-0.2, 0) is 0 Å². The van der Waals surface area contributed by atoms with Gasteiger partial charge in [-0.3, -0.25) is 0 Å². The fourth-order valence-corrected chi connectivity index (χ4v) is 7.74. The third-order valence-electron chi connectivity index (χ3n) is 9.31. The largest absolute Gasteiger partial charge is 0.389 e. The molecule has 4 fully saturated rings. The zero-order chi connectivity index (χ0) is 16.5. The van der Waals surface area contributed by atoms with Gasteiger partial charge >= 0.3 is 0 Å². The molecule has 0 aromatic rings. The Labute approximate surface area is 142 Å². The summed E-state index contributed by atoms with van der Waals surface area (Å²) >= 11 is 0. The van der Waals surface area contributed by atoms with Crippen LogP contribution in [0.3, 0.4) is 0 Å². The molecule has 1 N–H and O–H groups in total. The molecule has 1 nitrogen and oxygen atoms in total. The van der Waals surface area contributed by atoms with Crippen molar-refractivity contribution in [2.45, 2.75) is 91.1 Å². The van der Waals surface area contributed by atoms with Crippen LogP contribution in [0.2, 0.25) is 0 Å². The van der Waals surface area contributed by atoms with Gasteiger partial charge in [0.1, 0.15) is 0 Å². The Hall–Kier alpha value is -0.300. The van der Waals surface area contributed by atoms with E-state index < -0.39 is 0 Å². The summed E-state index contributed by atoms with van der Waals surface area (Å²) in [7, 11) is 0. The summed E-state index contributed by atoms with van der Waals surface area (Å²) in [4.78, 5) is 0. The van der Waals surface area contributed by atoms with Gasteiger partial charge in [-0.05, 0) is 92.8 Å². The fourth-order valence-electron chi connectivity index (χ4n) is 7.74.